The predicted molar refractivity (Wildman–Crippen MR) is 260 cm³/mol. The zero-order valence-corrected chi connectivity index (χ0v) is 44.8. The molecule has 9 rings (SSSR count). The Balaban J connectivity index is 0.000000178. The summed E-state index contributed by atoms with van der Waals surface area (Å²) in [6, 6.07) is 12.3. The molecule has 28 heteroatoms. The van der Waals surface area contributed by atoms with Crippen molar-refractivity contribution in [3.05, 3.63) is 142 Å². The Morgan fingerprint density at radius 1 is 0.423 bits per heavy atom. The van der Waals surface area contributed by atoms with Gasteiger partial charge in [-0.15, -0.1) is 0 Å². The van der Waals surface area contributed by atoms with Crippen LogP contribution in [0.2, 0.25) is 0 Å². The quantitative estimate of drug-likeness (QED) is 0.0632. The molecule has 0 spiro atoms. The lowest BCUT2D eigenvalue weighted by Crippen LogP contribution is -2.42. The molecule has 5 aliphatic rings. The molecule has 14 nitrogen and oxygen atoms in total. The molecule has 0 radical (unpaired) electrons. The van der Waals surface area contributed by atoms with E-state index in [-0.39, 0.29) is 55.0 Å². The summed E-state index contributed by atoms with van der Waals surface area (Å²) in [5.41, 5.74) is -7.39. The second-order valence-corrected chi connectivity index (χ2v) is 21.6. The van der Waals surface area contributed by atoms with Crippen molar-refractivity contribution in [3.8, 4) is 24.3 Å². The molecule has 0 atom stereocenters. The van der Waals surface area contributed by atoms with Gasteiger partial charge in [-0.05, 0) is 117 Å². The van der Waals surface area contributed by atoms with E-state index in [0.717, 1.165) is 0 Å². The van der Waals surface area contributed by atoms with Gasteiger partial charge in [-0.3, -0.25) is 0 Å². The highest BCUT2D eigenvalue weighted by atomic mass is 79.9. The van der Waals surface area contributed by atoms with E-state index >= 15 is 0 Å². The molecule has 0 aliphatic carbocycles. The van der Waals surface area contributed by atoms with Gasteiger partial charge in [0.2, 0.25) is 11.6 Å². The van der Waals surface area contributed by atoms with Crippen LogP contribution in [0.4, 0.5) is 43.9 Å². The zero-order valence-electron chi connectivity index (χ0n) is 43.2. The van der Waals surface area contributed by atoms with Crippen LogP contribution < -0.4 is 26.9 Å². The van der Waals surface area contributed by atoms with Crippen LogP contribution in [-0.4, -0.2) is 54.7 Å². The Labute approximate surface area is 448 Å². The van der Waals surface area contributed by atoms with E-state index in [2.05, 4.69) is 35.9 Å². The molecule has 4 aromatic carbocycles. The summed E-state index contributed by atoms with van der Waals surface area (Å²) in [6.45, 7) is 23.5. The molecule has 0 bridgehead atoms. The van der Waals surface area contributed by atoms with Crippen LogP contribution in [0.3, 0.4) is 0 Å². The van der Waals surface area contributed by atoms with Crippen molar-refractivity contribution in [2.24, 2.45) is 20.0 Å². The van der Waals surface area contributed by atoms with Gasteiger partial charge in [0.1, 0.15) is 46.1 Å². The average Bonchev–Trinajstić information content (AvgIpc) is 4.18. The van der Waals surface area contributed by atoms with Crippen LogP contribution >= 0.6 is 15.9 Å². The minimum Gasteiger partial charge on any atom is -0.405 e. The molecule has 0 N–H and O–H groups in total. The number of halogens is 11. The summed E-state index contributed by atoms with van der Waals surface area (Å²) in [5.74, 6) is -23.4. The number of nitriles is 4. The Bertz CT molecular complexity index is 3660. The molecule has 0 unspecified atom stereocenters. The van der Waals surface area contributed by atoms with Crippen molar-refractivity contribution >= 4 is 53.7 Å². The smallest absolute Gasteiger partial charge is 0.405 e. The number of hydrogen-bond acceptors (Lipinski definition) is 14. The average molecular weight is 1150 g/mol. The summed E-state index contributed by atoms with van der Waals surface area (Å²) >= 11 is 3.11. The second kappa shape index (κ2) is 20.5. The van der Waals surface area contributed by atoms with Gasteiger partial charge in [0.05, 0.1) is 66.6 Å². The van der Waals surface area contributed by atoms with Gasteiger partial charge in [-0.25, -0.2) is 63.9 Å². The number of allylic oxidation sites excluding steroid dienone is 2. The fourth-order valence-corrected chi connectivity index (χ4v) is 8.15. The van der Waals surface area contributed by atoms with Crippen LogP contribution in [-0.2, 0) is 27.9 Å². The monoisotopic (exact) mass is 1150 g/mol. The maximum Gasteiger partial charge on any atom is 0.496 e. The Hall–Kier alpha value is -6.75. The summed E-state index contributed by atoms with van der Waals surface area (Å²) in [4.78, 5) is 15.7. The minimum absolute atomic E-state index is 0.00787. The van der Waals surface area contributed by atoms with E-state index in [9.17, 15) is 59.7 Å². The van der Waals surface area contributed by atoms with Crippen molar-refractivity contribution in [2.75, 3.05) is 0 Å². The third kappa shape index (κ3) is 9.93. The van der Waals surface area contributed by atoms with Gasteiger partial charge in [-0.2, -0.15) is 21.0 Å². The lowest BCUT2D eigenvalue weighted by atomic mass is 9.49. The maximum absolute atomic E-state index is 14.3. The van der Waals surface area contributed by atoms with Gasteiger partial charge in [0.25, 0.3) is 0 Å². The number of nitrogens with zero attached hydrogens (tertiary/aromatic N) is 8. The predicted octanol–water partition coefficient (Wildman–Crippen LogP) is 8.11. The van der Waals surface area contributed by atoms with Gasteiger partial charge >= 0.3 is 21.1 Å². The fraction of sp³-hybridized carbons (Fsp3) is 0.360. The molecule has 402 valence electrons. The Kier molecular flexibility index (Phi) is 15.5. The molecule has 3 fully saturated rings. The first-order valence-corrected chi connectivity index (χ1v) is 23.9. The van der Waals surface area contributed by atoms with Crippen LogP contribution in [0.25, 0.3) is 11.1 Å². The van der Waals surface area contributed by atoms with Crippen LogP contribution in [0.1, 0.15) is 105 Å². The maximum atomic E-state index is 14.3. The lowest BCUT2D eigenvalue weighted by molar-refractivity contribution is 0.00578. The Morgan fingerprint density at radius 3 is 1.04 bits per heavy atom. The highest BCUT2D eigenvalue weighted by Gasteiger charge is 2.64. The topological polar surface area (TPSA) is 200 Å². The SMILES string of the molecule is CC1(C)OB(B2OC(C)(C)C(C)(C)O2)OC1(C)C.CC1(C)OB(c2ccc3c(c2C#N)=N/C(=C(/C#N)c2c(F)c(F)c(F)c(F)c2F)N=3)OC1(C)C.N#C/C(=C1\N=c2ccc(Br)c(C#N)c2=N1)c1c(F)c(F)c(F)c(F)c1F. The first kappa shape index (κ1) is 58.9. The second-order valence-electron chi connectivity index (χ2n) is 20.7. The van der Waals surface area contributed by atoms with E-state index in [0.29, 0.717) is 9.94 Å². The molecule has 5 aliphatic heterocycles. The fourth-order valence-electron chi connectivity index (χ4n) is 7.75. The summed E-state index contributed by atoms with van der Waals surface area (Å²) in [6.07, 6.45) is 0. The van der Waals surface area contributed by atoms with Crippen LogP contribution in [0, 0.1) is 103 Å². The molecular formula is C50H40B3BrF10N8O6. The standard InChI is InChI=1S/C22H14BF5N4O2.C16H2BrF5N4.C12H24B2O4/c1-21(2)22(3,4)34-23(33-21)11-5-6-12-19(9(11)7-29)32-20(31-12)10(8-30)13-14(24)16(26)18(28)17(27)15(13)25;17-7-1-2-8-15(5(7)3-23)26-16(25-8)6(4-24)9-10(18)12(20)14(22)13(21)11(9)19;1-9(2)10(3,4)16-13(15-9)14-17-11(5,6)12(7,8)18-14/h5-6H,1-4H3;1-2H;1-8H3/b20-10-;16-6-;. The van der Waals surface area contributed by atoms with Gasteiger partial charge < -0.3 is 27.9 Å². The number of benzene rings is 4. The highest BCUT2D eigenvalue weighted by molar-refractivity contribution is 9.10. The normalized spacial score (nSPS) is 20.4. The van der Waals surface area contributed by atoms with Crippen LogP contribution in [0.15, 0.2) is 60.3 Å². The lowest BCUT2D eigenvalue weighted by Gasteiger charge is -2.32. The molecule has 5 heterocycles. The molecule has 4 aromatic rings. The first-order chi connectivity index (χ1) is 36.0. The van der Waals surface area contributed by atoms with E-state index < -0.39 is 124 Å². The third-order valence-corrected chi connectivity index (χ3v) is 14.9. The van der Waals surface area contributed by atoms with Crippen molar-refractivity contribution in [2.45, 2.75) is 117 Å². The van der Waals surface area contributed by atoms with Gasteiger partial charge in [-0.1, -0.05) is 6.07 Å². The third-order valence-electron chi connectivity index (χ3n) is 14.3. The van der Waals surface area contributed by atoms with Crippen molar-refractivity contribution in [3.63, 3.8) is 0 Å². The molecule has 0 saturated carbocycles. The Morgan fingerprint density at radius 2 is 0.718 bits per heavy atom. The highest BCUT2D eigenvalue weighted by Crippen LogP contribution is 2.43. The van der Waals surface area contributed by atoms with Crippen molar-refractivity contribution in [1.29, 1.82) is 21.0 Å². The van der Waals surface area contributed by atoms with Crippen molar-refractivity contribution in [1.82, 2.24) is 0 Å². The molecule has 0 aromatic heterocycles. The summed E-state index contributed by atoms with van der Waals surface area (Å²) in [5, 5.41) is 37.8. The first-order valence-electron chi connectivity index (χ1n) is 23.1. The van der Waals surface area contributed by atoms with E-state index in [1.165, 1.54) is 36.4 Å². The number of fused-ring (bicyclic) bond motifs is 2. The van der Waals surface area contributed by atoms with E-state index in [1.54, 1.807) is 0 Å². The van der Waals surface area contributed by atoms with Gasteiger partial charge in [0.15, 0.2) is 58.2 Å². The minimum atomic E-state index is -2.36. The number of hydrogen-bond donors (Lipinski definition) is 0. The summed E-state index contributed by atoms with van der Waals surface area (Å²) < 4.78 is 174. The van der Waals surface area contributed by atoms with Crippen LogP contribution in [0.5, 0.6) is 0 Å². The molecule has 0 amide bonds. The van der Waals surface area contributed by atoms with E-state index in [1.807, 2.05) is 95.2 Å². The number of rotatable bonds is 4. The summed E-state index contributed by atoms with van der Waals surface area (Å²) in [7, 11) is -1.90. The largest absolute Gasteiger partial charge is 0.496 e. The van der Waals surface area contributed by atoms with Gasteiger partial charge in [0, 0.05) is 9.94 Å². The zero-order chi connectivity index (χ0) is 58.3. The molecule has 78 heavy (non-hydrogen) atoms. The van der Waals surface area contributed by atoms with E-state index in [4.69, 9.17) is 33.2 Å². The molecule has 3 saturated heterocycles. The molecular weight excluding hydrogens is 1110 g/mol. The van der Waals surface area contributed by atoms with Crippen molar-refractivity contribution < 1.29 is 71.8 Å².